The smallest absolute Gasteiger partial charge is 0.229 e. The minimum absolute atomic E-state index is 0.481. The van der Waals surface area contributed by atoms with E-state index in [1.54, 1.807) is 0 Å². The molecule has 1 saturated heterocycles. The second-order valence-corrected chi connectivity index (χ2v) is 10.9. The summed E-state index contributed by atoms with van der Waals surface area (Å²) in [7, 11) is 9.05. The van der Waals surface area contributed by atoms with Crippen LogP contribution in [-0.4, -0.2) is 110 Å². The van der Waals surface area contributed by atoms with Gasteiger partial charge in [-0.2, -0.15) is 0 Å². The van der Waals surface area contributed by atoms with Gasteiger partial charge in [-0.3, -0.25) is 4.48 Å². The number of quaternary nitrogens is 2. The molecule has 8 nitrogen and oxygen atoms in total. The second kappa shape index (κ2) is 13.2. The number of nitrogens with zero attached hydrogens (tertiary/aromatic N) is 2. The normalized spacial score (nSPS) is 26.0. The van der Waals surface area contributed by atoms with Gasteiger partial charge in [0.05, 0.1) is 54.4 Å². The van der Waals surface area contributed by atoms with Crippen LogP contribution in [0, 0.1) is 0 Å². The first-order chi connectivity index (χ1) is 16.0. The van der Waals surface area contributed by atoms with Crippen molar-refractivity contribution in [3.05, 3.63) is 24.3 Å². The summed E-state index contributed by atoms with van der Waals surface area (Å²) >= 11 is 0. The van der Waals surface area contributed by atoms with E-state index in [0.717, 1.165) is 21.2 Å². The molecule has 0 aromatic heterocycles. The van der Waals surface area contributed by atoms with Crippen LogP contribution in [0.1, 0.15) is 45.4 Å². The van der Waals surface area contributed by atoms with Gasteiger partial charge >= 0.3 is 0 Å². The molecule has 0 saturated carbocycles. The summed E-state index contributed by atoms with van der Waals surface area (Å²) in [5.74, 6) is 0.483. The van der Waals surface area contributed by atoms with E-state index in [0.29, 0.717) is 5.75 Å². The Morgan fingerprint density at radius 3 is 1.97 bits per heavy atom. The van der Waals surface area contributed by atoms with Gasteiger partial charge in [0.15, 0.2) is 0 Å². The molecule has 1 fully saturated rings. The van der Waals surface area contributed by atoms with Gasteiger partial charge in [-0.1, -0.05) is 13.3 Å². The van der Waals surface area contributed by atoms with E-state index in [4.69, 9.17) is 9.47 Å². The van der Waals surface area contributed by atoms with E-state index in [1.807, 2.05) is 24.3 Å². The monoisotopic (exact) mass is 484 g/mol. The van der Waals surface area contributed by atoms with Gasteiger partial charge in [0, 0.05) is 12.1 Å². The third-order valence-electron chi connectivity index (χ3n) is 6.98. The summed E-state index contributed by atoms with van der Waals surface area (Å²) in [6.45, 7) is 5.32. The van der Waals surface area contributed by atoms with Gasteiger partial charge in [-0.15, -0.1) is 0 Å². The Kier molecular flexibility index (Phi) is 11.2. The molecule has 0 amide bonds. The first kappa shape index (κ1) is 29.0. The van der Waals surface area contributed by atoms with Crippen molar-refractivity contribution in [3.8, 4) is 5.75 Å². The Hall–Kier alpha value is -1.26. The summed E-state index contributed by atoms with van der Waals surface area (Å²) in [6, 6.07) is 7.61. The van der Waals surface area contributed by atoms with Gasteiger partial charge in [-0.25, -0.2) is 0 Å². The summed E-state index contributed by atoms with van der Waals surface area (Å²) < 4.78 is 13.0. The van der Waals surface area contributed by atoms with Crippen LogP contribution in [0.2, 0.25) is 0 Å². The topological polar surface area (TPSA) is 99.4 Å². The number of aliphatic hydroxyl groups is 4. The molecule has 4 N–H and O–H groups in total. The Labute approximate surface area is 205 Å². The predicted molar refractivity (Wildman–Crippen MR) is 135 cm³/mol. The first-order valence-corrected chi connectivity index (χ1v) is 12.7. The van der Waals surface area contributed by atoms with E-state index in [9.17, 15) is 20.4 Å². The standard InChI is InChI=1S/C26H48N2O6/c1-6-7-16-27(2,3)17-10-8-9-11-18-28(4,5)20-12-14-21(15-13-20)33-26-25(32)24(31)23(30)22(19-29)34-26/h12-15,22-26,29-32H,6-11,16-19H2,1-5H3/q+2. The number of aliphatic hydroxyl groups excluding tert-OH is 4. The third kappa shape index (κ3) is 8.45. The Balaban J connectivity index is 1.79. The lowest BCUT2D eigenvalue weighted by Gasteiger charge is -2.39. The van der Waals surface area contributed by atoms with Crippen molar-refractivity contribution in [1.82, 2.24) is 4.48 Å². The molecule has 0 radical (unpaired) electrons. The minimum atomic E-state index is -1.45. The van der Waals surface area contributed by atoms with E-state index in [1.165, 1.54) is 51.6 Å². The number of rotatable bonds is 14. The lowest BCUT2D eigenvalue weighted by Crippen LogP contribution is -2.60. The molecule has 1 aromatic carbocycles. The lowest BCUT2D eigenvalue weighted by atomic mass is 9.99. The van der Waals surface area contributed by atoms with E-state index in [-0.39, 0.29) is 0 Å². The molecule has 8 heteroatoms. The molecule has 5 unspecified atom stereocenters. The van der Waals surface area contributed by atoms with Gasteiger partial charge in [0.25, 0.3) is 0 Å². The Morgan fingerprint density at radius 2 is 1.38 bits per heavy atom. The average molecular weight is 485 g/mol. The molecule has 1 heterocycles. The zero-order valence-electron chi connectivity index (χ0n) is 21.8. The van der Waals surface area contributed by atoms with Crippen LogP contribution in [-0.2, 0) is 4.74 Å². The number of benzene rings is 1. The van der Waals surface area contributed by atoms with Crippen LogP contribution in [0.4, 0.5) is 5.69 Å². The van der Waals surface area contributed by atoms with Crippen LogP contribution < -0.4 is 9.22 Å². The largest absolute Gasteiger partial charge is 0.462 e. The molecule has 1 aromatic rings. The Morgan fingerprint density at radius 1 is 0.794 bits per heavy atom. The van der Waals surface area contributed by atoms with Gasteiger partial charge in [-0.05, 0) is 44.2 Å². The van der Waals surface area contributed by atoms with Crippen LogP contribution in [0.5, 0.6) is 5.75 Å². The molecule has 2 rings (SSSR count). The van der Waals surface area contributed by atoms with Crippen molar-refractivity contribution < 1.29 is 34.4 Å². The van der Waals surface area contributed by atoms with Crippen LogP contribution in [0.3, 0.4) is 0 Å². The summed E-state index contributed by atoms with van der Waals surface area (Å²) in [5.41, 5.74) is 1.15. The third-order valence-corrected chi connectivity index (χ3v) is 6.98. The summed E-state index contributed by atoms with van der Waals surface area (Å²) in [4.78, 5) is 0. The molecule has 0 bridgehead atoms. The fraction of sp³-hybridized carbons (Fsp3) is 0.769. The zero-order chi connectivity index (χ0) is 25.4. The molecule has 5 atom stereocenters. The maximum Gasteiger partial charge on any atom is 0.229 e. The number of unbranched alkanes of at least 4 members (excludes halogenated alkanes) is 4. The van der Waals surface area contributed by atoms with E-state index < -0.39 is 37.3 Å². The minimum Gasteiger partial charge on any atom is -0.462 e. The summed E-state index contributed by atoms with van der Waals surface area (Å²) in [6.07, 6.45) is 1.06. The lowest BCUT2D eigenvalue weighted by molar-refractivity contribution is -0.890. The van der Waals surface area contributed by atoms with Crippen molar-refractivity contribution in [3.63, 3.8) is 0 Å². The molecule has 0 aliphatic carbocycles. The number of hydrogen-bond acceptors (Lipinski definition) is 6. The highest BCUT2D eigenvalue weighted by Gasteiger charge is 2.44. The highest BCUT2D eigenvalue weighted by molar-refractivity contribution is 5.45. The first-order valence-electron chi connectivity index (χ1n) is 12.7. The van der Waals surface area contributed by atoms with Crippen molar-refractivity contribution >= 4 is 5.69 Å². The van der Waals surface area contributed by atoms with Crippen molar-refractivity contribution in [2.75, 3.05) is 54.4 Å². The predicted octanol–water partition coefficient (Wildman–Crippen LogP) is 1.87. The maximum absolute atomic E-state index is 10.2. The van der Waals surface area contributed by atoms with E-state index in [2.05, 4.69) is 35.1 Å². The number of hydrogen-bond donors (Lipinski definition) is 4. The van der Waals surface area contributed by atoms with Crippen LogP contribution in [0.15, 0.2) is 24.3 Å². The summed E-state index contributed by atoms with van der Waals surface area (Å²) in [5, 5.41) is 39.3. The van der Waals surface area contributed by atoms with Crippen molar-refractivity contribution in [1.29, 1.82) is 0 Å². The molecule has 0 spiro atoms. The highest BCUT2D eigenvalue weighted by atomic mass is 16.7. The van der Waals surface area contributed by atoms with E-state index >= 15 is 0 Å². The number of ether oxygens (including phenoxy) is 2. The Bertz CT molecular complexity index is 710. The van der Waals surface area contributed by atoms with Gasteiger partial charge in [0.1, 0.15) is 35.9 Å². The fourth-order valence-corrected chi connectivity index (χ4v) is 4.45. The van der Waals surface area contributed by atoms with Gasteiger partial charge in [0.2, 0.25) is 6.29 Å². The average Bonchev–Trinajstić information content (AvgIpc) is 2.80. The second-order valence-electron chi connectivity index (χ2n) is 10.9. The molecule has 1 aliphatic heterocycles. The fourth-order valence-electron chi connectivity index (χ4n) is 4.45. The van der Waals surface area contributed by atoms with Crippen LogP contribution >= 0.6 is 0 Å². The van der Waals surface area contributed by atoms with Gasteiger partial charge < -0.3 is 34.4 Å². The molecule has 196 valence electrons. The molecular weight excluding hydrogens is 436 g/mol. The highest BCUT2D eigenvalue weighted by Crippen LogP contribution is 2.27. The molecule has 34 heavy (non-hydrogen) atoms. The quantitative estimate of drug-likeness (QED) is 0.238. The van der Waals surface area contributed by atoms with Crippen molar-refractivity contribution in [2.24, 2.45) is 0 Å². The SMILES string of the molecule is CCCC[N+](C)(C)CCCCCC[N+](C)(C)c1ccc(OC2OC(CO)C(O)C(O)C2O)cc1. The van der Waals surface area contributed by atoms with Crippen LogP contribution in [0.25, 0.3) is 0 Å². The maximum atomic E-state index is 10.2. The zero-order valence-corrected chi connectivity index (χ0v) is 21.8. The molecular formula is C26H48N2O6+2. The molecule has 1 aliphatic rings. The van der Waals surface area contributed by atoms with Crippen molar-refractivity contribution in [2.45, 2.75) is 76.2 Å².